The first kappa shape index (κ1) is 17.4. The molecule has 128 valence electrons. The molecule has 1 amide bonds. The van der Waals surface area contributed by atoms with E-state index < -0.39 is 11.7 Å². The van der Waals surface area contributed by atoms with Crippen LogP contribution in [0.15, 0.2) is 18.2 Å². The molecule has 0 spiro atoms. The Morgan fingerprint density at radius 3 is 2.52 bits per heavy atom. The smallest absolute Gasteiger partial charge is 0.412 e. The van der Waals surface area contributed by atoms with Gasteiger partial charge in [-0.25, -0.2) is 4.79 Å². The van der Waals surface area contributed by atoms with Crippen LogP contribution in [-0.4, -0.2) is 24.8 Å². The number of hydrogen-bond acceptors (Lipinski definition) is 4. The number of benzene rings is 1. The molecule has 0 bridgehead atoms. The molecule has 1 aliphatic carbocycles. The van der Waals surface area contributed by atoms with Crippen molar-refractivity contribution in [3.05, 3.63) is 18.2 Å². The second-order valence-electron chi connectivity index (χ2n) is 7.30. The van der Waals surface area contributed by atoms with Crippen LogP contribution in [0, 0.1) is 5.92 Å². The van der Waals surface area contributed by atoms with Crippen molar-refractivity contribution >= 4 is 17.5 Å². The molecule has 0 saturated heterocycles. The van der Waals surface area contributed by atoms with Gasteiger partial charge in [-0.1, -0.05) is 6.92 Å². The summed E-state index contributed by atoms with van der Waals surface area (Å²) in [5.41, 5.74) is 1.05. The van der Waals surface area contributed by atoms with Gasteiger partial charge in [0, 0.05) is 12.1 Å². The summed E-state index contributed by atoms with van der Waals surface area (Å²) in [5.74, 6) is 1.49. The molecule has 2 atom stereocenters. The van der Waals surface area contributed by atoms with Gasteiger partial charge in [-0.15, -0.1) is 0 Å². The minimum atomic E-state index is -0.523. The Hall–Kier alpha value is -1.91. The lowest BCUT2D eigenvalue weighted by atomic mass is 10.1. The molecule has 1 fully saturated rings. The highest BCUT2D eigenvalue weighted by molar-refractivity contribution is 5.90. The number of carbonyl (C=O) groups is 1. The van der Waals surface area contributed by atoms with Crippen LogP contribution in [0.4, 0.5) is 16.2 Å². The monoisotopic (exact) mass is 320 g/mol. The Balaban J connectivity index is 2.12. The van der Waals surface area contributed by atoms with Gasteiger partial charge in [0.2, 0.25) is 0 Å². The lowest BCUT2D eigenvalue weighted by molar-refractivity contribution is 0.0636. The molecule has 0 radical (unpaired) electrons. The fraction of sp³-hybridized carbons (Fsp3) is 0.611. The summed E-state index contributed by atoms with van der Waals surface area (Å²) in [6.07, 6.45) is 3.06. The molecule has 0 heterocycles. The summed E-state index contributed by atoms with van der Waals surface area (Å²) < 4.78 is 10.6. The van der Waals surface area contributed by atoms with Crippen molar-refractivity contribution in [2.24, 2.45) is 5.92 Å². The molecule has 5 nitrogen and oxygen atoms in total. The van der Waals surface area contributed by atoms with E-state index in [1.807, 2.05) is 39.0 Å². The summed E-state index contributed by atoms with van der Waals surface area (Å²) in [4.78, 5) is 12.0. The van der Waals surface area contributed by atoms with Gasteiger partial charge in [0.05, 0.1) is 18.5 Å². The number of ether oxygens (including phenoxy) is 2. The average molecular weight is 320 g/mol. The van der Waals surface area contributed by atoms with Gasteiger partial charge in [0.1, 0.15) is 11.4 Å². The summed E-state index contributed by atoms with van der Waals surface area (Å²) >= 11 is 0. The Morgan fingerprint density at radius 2 is 1.96 bits per heavy atom. The van der Waals surface area contributed by atoms with E-state index in [4.69, 9.17) is 9.47 Å². The van der Waals surface area contributed by atoms with Crippen LogP contribution in [-0.2, 0) is 4.74 Å². The summed E-state index contributed by atoms with van der Waals surface area (Å²) in [5, 5.41) is 6.36. The third-order valence-electron chi connectivity index (χ3n) is 3.92. The second-order valence-corrected chi connectivity index (χ2v) is 7.30. The second kappa shape index (κ2) is 7.11. The molecule has 0 aliphatic heterocycles. The van der Waals surface area contributed by atoms with Gasteiger partial charge < -0.3 is 14.8 Å². The van der Waals surface area contributed by atoms with Crippen LogP contribution >= 0.6 is 0 Å². The number of hydrogen-bond donors (Lipinski definition) is 2. The van der Waals surface area contributed by atoms with Crippen LogP contribution in [0.3, 0.4) is 0 Å². The van der Waals surface area contributed by atoms with Crippen LogP contribution < -0.4 is 15.4 Å². The largest absolute Gasteiger partial charge is 0.497 e. The normalized spacial score (nSPS) is 20.9. The molecule has 23 heavy (non-hydrogen) atoms. The van der Waals surface area contributed by atoms with Crippen LogP contribution in [0.5, 0.6) is 5.75 Å². The third kappa shape index (κ3) is 5.34. The number of amides is 1. The quantitative estimate of drug-likeness (QED) is 0.848. The van der Waals surface area contributed by atoms with Gasteiger partial charge in [-0.3, -0.25) is 5.32 Å². The average Bonchev–Trinajstić information content (AvgIpc) is 2.84. The van der Waals surface area contributed by atoms with E-state index in [0.717, 1.165) is 30.2 Å². The lowest BCUT2D eigenvalue weighted by Gasteiger charge is -2.22. The highest BCUT2D eigenvalue weighted by atomic mass is 16.6. The molecule has 2 rings (SSSR count). The van der Waals surface area contributed by atoms with E-state index in [1.165, 1.54) is 6.42 Å². The van der Waals surface area contributed by atoms with E-state index in [-0.39, 0.29) is 0 Å². The molecule has 1 saturated carbocycles. The van der Waals surface area contributed by atoms with Crippen LogP contribution in [0.2, 0.25) is 0 Å². The van der Waals surface area contributed by atoms with Crippen molar-refractivity contribution in [3.63, 3.8) is 0 Å². The molecular formula is C18H28N2O3. The van der Waals surface area contributed by atoms with Crippen molar-refractivity contribution in [1.29, 1.82) is 0 Å². The maximum absolute atomic E-state index is 12.0. The molecular weight excluding hydrogens is 292 g/mol. The maximum atomic E-state index is 12.0. The van der Waals surface area contributed by atoms with Crippen LogP contribution in [0.1, 0.15) is 47.0 Å². The molecule has 5 heteroatoms. The first-order valence-electron chi connectivity index (χ1n) is 8.21. The Labute approximate surface area is 138 Å². The summed E-state index contributed by atoms with van der Waals surface area (Å²) in [6.45, 7) is 7.81. The van der Waals surface area contributed by atoms with Gasteiger partial charge >= 0.3 is 6.09 Å². The van der Waals surface area contributed by atoms with Gasteiger partial charge in [0.25, 0.3) is 0 Å². The number of methoxy groups -OCH3 is 1. The molecule has 0 aromatic heterocycles. The van der Waals surface area contributed by atoms with Crippen LogP contribution in [0.25, 0.3) is 0 Å². The number of rotatable bonds is 4. The van der Waals surface area contributed by atoms with Crippen molar-refractivity contribution in [2.75, 3.05) is 17.7 Å². The Kier molecular flexibility index (Phi) is 5.39. The predicted octanol–water partition coefficient (Wildman–Crippen LogP) is 4.64. The zero-order valence-electron chi connectivity index (χ0n) is 14.7. The SMILES string of the molecule is COc1ccc(NC(=O)OC(C)(C)C)c(NC2CCC(C)C2)c1. The molecule has 1 aromatic rings. The Bertz CT molecular complexity index is 552. The zero-order chi connectivity index (χ0) is 17.0. The van der Waals surface area contributed by atoms with E-state index >= 15 is 0 Å². The van der Waals surface area contributed by atoms with Gasteiger partial charge in [-0.05, 0) is 58.1 Å². The van der Waals surface area contributed by atoms with Gasteiger partial charge in [-0.2, -0.15) is 0 Å². The number of carbonyl (C=O) groups excluding carboxylic acids is 1. The van der Waals surface area contributed by atoms with E-state index in [1.54, 1.807) is 7.11 Å². The molecule has 2 unspecified atom stereocenters. The number of anilines is 2. The highest BCUT2D eigenvalue weighted by Gasteiger charge is 2.23. The fourth-order valence-corrected chi connectivity index (χ4v) is 2.85. The van der Waals surface area contributed by atoms with E-state index in [9.17, 15) is 4.79 Å². The maximum Gasteiger partial charge on any atom is 0.412 e. The topological polar surface area (TPSA) is 59.6 Å². The van der Waals surface area contributed by atoms with Crippen molar-refractivity contribution in [1.82, 2.24) is 0 Å². The zero-order valence-corrected chi connectivity index (χ0v) is 14.7. The standard InChI is InChI=1S/C18H28N2O3/c1-12-6-7-13(10-12)19-16-11-14(22-5)8-9-15(16)20-17(21)23-18(2,3)4/h8-9,11-13,19H,6-7,10H2,1-5H3,(H,20,21). The van der Waals surface area contributed by atoms with Crippen molar-refractivity contribution in [3.8, 4) is 5.75 Å². The van der Waals surface area contributed by atoms with E-state index in [2.05, 4.69) is 17.6 Å². The highest BCUT2D eigenvalue weighted by Crippen LogP contribution is 2.32. The summed E-state index contributed by atoms with van der Waals surface area (Å²) in [7, 11) is 1.64. The minimum absolute atomic E-state index is 0.427. The first-order valence-corrected chi connectivity index (χ1v) is 8.21. The fourth-order valence-electron chi connectivity index (χ4n) is 2.85. The summed E-state index contributed by atoms with van der Waals surface area (Å²) in [6, 6.07) is 6.00. The van der Waals surface area contributed by atoms with Crippen molar-refractivity contribution < 1.29 is 14.3 Å². The van der Waals surface area contributed by atoms with E-state index in [0.29, 0.717) is 11.7 Å². The minimum Gasteiger partial charge on any atom is -0.497 e. The predicted molar refractivity (Wildman–Crippen MR) is 93.3 cm³/mol. The molecule has 1 aliphatic rings. The van der Waals surface area contributed by atoms with Crippen molar-refractivity contribution in [2.45, 2.75) is 58.6 Å². The van der Waals surface area contributed by atoms with Gasteiger partial charge in [0.15, 0.2) is 0 Å². The lowest BCUT2D eigenvalue weighted by Crippen LogP contribution is -2.27. The first-order chi connectivity index (χ1) is 10.8. The third-order valence-corrected chi connectivity index (χ3v) is 3.92. The molecule has 1 aromatic carbocycles. The number of nitrogens with one attached hydrogen (secondary N) is 2. The molecule has 2 N–H and O–H groups in total. The Morgan fingerprint density at radius 1 is 1.22 bits per heavy atom.